The SMILES string of the molecule is Cc1nc(C#N)c(-c2cc[nH]c2)[nH]1. The van der Waals surface area contributed by atoms with E-state index < -0.39 is 0 Å². The Morgan fingerprint density at radius 1 is 1.54 bits per heavy atom. The average molecular weight is 172 g/mol. The number of aromatic amines is 2. The second kappa shape index (κ2) is 2.79. The largest absolute Gasteiger partial charge is 0.367 e. The molecule has 2 aromatic heterocycles. The topological polar surface area (TPSA) is 68.3 Å². The van der Waals surface area contributed by atoms with E-state index in [1.807, 2.05) is 31.5 Å². The fourth-order valence-corrected chi connectivity index (χ4v) is 1.26. The molecule has 2 aromatic rings. The van der Waals surface area contributed by atoms with Crippen LogP contribution in [0.3, 0.4) is 0 Å². The van der Waals surface area contributed by atoms with Crippen LogP contribution < -0.4 is 0 Å². The minimum atomic E-state index is 0.442. The van der Waals surface area contributed by atoms with E-state index in [0.717, 1.165) is 17.1 Å². The summed E-state index contributed by atoms with van der Waals surface area (Å²) in [7, 11) is 0. The van der Waals surface area contributed by atoms with Gasteiger partial charge in [0.25, 0.3) is 0 Å². The molecular formula is C9H8N4. The number of imidazole rings is 1. The van der Waals surface area contributed by atoms with Crippen molar-refractivity contribution in [3.63, 3.8) is 0 Å². The van der Waals surface area contributed by atoms with Crippen molar-refractivity contribution in [3.8, 4) is 17.3 Å². The second-order valence-corrected chi connectivity index (χ2v) is 2.76. The van der Waals surface area contributed by atoms with Crippen LogP contribution in [0.25, 0.3) is 11.3 Å². The molecular weight excluding hydrogens is 164 g/mol. The van der Waals surface area contributed by atoms with Gasteiger partial charge in [0.05, 0.1) is 5.69 Å². The highest BCUT2D eigenvalue weighted by Crippen LogP contribution is 2.19. The maximum absolute atomic E-state index is 8.79. The summed E-state index contributed by atoms with van der Waals surface area (Å²) < 4.78 is 0. The molecule has 0 unspecified atom stereocenters. The third-order valence-electron chi connectivity index (χ3n) is 1.81. The van der Waals surface area contributed by atoms with Crippen molar-refractivity contribution in [3.05, 3.63) is 30.0 Å². The predicted molar refractivity (Wildman–Crippen MR) is 47.8 cm³/mol. The van der Waals surface area contributed by atoms with Gasteiger partial charge in [0.1, 0.15) is 11.9 Å². The van der Waals surface area contributed by atoms with Crippen LogP contribution in [0.4, 0.5) is 0 Å². The van der Waals surface area contributed by atoms with Gasteiger partial charge in [0.15, 0.2) is 5.69 Å². The van der Waals surface area contributed by atoms with Crippen molar-refractivity contribution in [2.45, 2.75) is 6.92 Å². The number of nitrogens with one attached hydrogen (secondary N) is 2. The standard InChI is InChI=1S/C9H8N4/c1-6-12-8(4-10)9(13-6)7-2-3-11-5-7/h2-3,5,11H,1H3,(H,12,13). The van der Waals surface area contributed by atoms with E-state index in [1.54, 1.807) is 0 Å². The number of hydrogen-bond acceptors (Lipinski definition) is 2. The molecule has 0 bridgehead atoms. The maximum Gasteiger partial charge on any atom is 0.166 e. The zero-order valence-corrected chi connectivity index (χ0v) is 7.13. The molecule has 0 radical (unpaired) electrons. The molecule has 0 amide bonds. The third-order valence-corrected chi connectivity index (χ3v) is 1.81. The summed E-state index contributed by atoms with van der Waals surface area (Å²) in [6.45, 7) is 1.83. The first-order valence-corrected chi connectivity index (χ1v) is 3.91. The average Bonchev–Trinajstić information content (AvgIpc) is 2.71. The third kappa shape index (κ3) is 1.20. The lowest BCUT2D eigenvalue weighted by molar-refractivity contribution is 1.14. The van der Waals surface area contributed by atoms with Gasteiger partial charge < -0.3 is 9.97 Å². The van der Waals surface area contributed by atoms with Crippen molar-refractivity contribution in [1.82, 2.24) is 15.0 Å². The van der Waals surface area contributed by atoms with Gasteiger partial charge >= 0.3 is 0 Å². The molecule has 13 heavy (non-hydrogen) atoms. The molecule has 0 fully saturated rings. The number of nitrogens with zero attached hydrogens (tertiary/aromatic N) is 2. The van der Waals surface area contributed by atoms with Crippen LogP contribution in [0.5, 0.6) is 0 Å². The van der Waals surface area contributed by atoms with Crippen molar-refractivity contribution < 1.29 is 0 Å². The molecule has 4 heteroatoms. The van der Waals surface area contributed by atoms with Gasteiger partial charge in [-0.1, -0.05) is 0 Å². The lowest BCUT2D eigenvalue weighted by Gasteiger charge is -1.90. The smallest absolute Gasteiger partial charge is 0.166 e. The van der Waals surface area contributed by atoms with E-state index in [2.05, 4.69) is 15.0 Å². The fraction of sp³-hybridized carbons (Fsp3) is 0.111. The van der Waals surface area contributed by atoms with Crippen LogP contribution in [-0.2, 0) is 0 Å². The zero-order valence-electron chi connectivity index (χ0n) is 7.13. The van der Waals surface area contributed by atoms with Crippen LogP contribution in [0.2, 0.25) is 0 Å². The van der Waals surface area contributed by atoms with Crippen LogP contribution in [0.1, 0.15) is 11.5 Å². The summed E-state index contributed by atoms with van der Waals surface area (Å²) in [5, 5.41) is 8.79. The number of aryl methyl sites for hydroxylation is 1. The molecule has 4 nitrogen and oxygen atoms in total. The second-order valence-electron chi connectivity index (χ2n) is 2.76. The molecule has 0 aromatic carbocycles. The minimum Gasteiger partial charge on any atom is -0.367 e. The summed E-state index contributed by atoms with van der Waals surface area (Å²) in [5.74, 6) is 0.757. The molecule has 0 aliphatic carbocycles. The summed E-state index contributed by atoms with van der Waals surface area (Å²) >= 11 is 0. The first kappa shape index (κ1) is 7.62. The number of hydrogen-bond donors (Lipinski definition) is 2. The Morgan fingerprint density at radius 2 is 2.38 bits per heavy atom. The molecule has 0 saturated carbocycles. The highest BCUT2D eigenvalue weighted by Gasteiger charge is 2.09. The van der Waals surface area contributed by atoms with Gasteiger partial charge in [-0.25, -0.2) is 4.98 Å². The molecule has 2 heterocycles. The maximum atomic E-state index is 8.79. The van der Waals surface area contributed by atoms with Crippen LogP contribution in [0.15, 0.2) is 18.5 Å². The quantitative estimate of drug-likeness (QED) is 0.685. The first-order valence-electron chi connectivity index (χ1n) is 3.91. The Balaban J connectivity index is 2.59. The summed E-state index contributed by atoms with van der Waals surface area (Å²) in [5.41, 5.74) is 2.18. The molecule has 0 aliphatic rings. The molecule has 0 aliphatic heterocycles. The first-order chi connectivity index (χ1) is 6.31. The molecule has 2 rings (SSSR count). The van der Waals surface area contributed by atoms with E-state index >= 15 is 0 Å². The van der Waals surface area contributed by atoms with E-state index in [1.165, 1.54) is 0 Å². The van der Waals surface area contributed by atoms with Crippen molar-refractivity contribution in [1.29, 1.82) is 5.26 Å². The lowest BCUT2D eigenvalue weighted by atomic mass is 10.2. The summed E-state index contributed by atoms with van der Waals surface area (Å²) in [6.07, 6.45) is 3.64. The number of rotatable bonds is 1. The van der Waals surface area contributed by atoms with Gasteiger partial charge in [0.2, 0.25) is 0 Å². The predicted octanol–water partition coefficient (Wildman–Crippen LogP) is 1.58. The molecule has 64 valence electrons. The Kier molecular flexibility index (Phi) is 1.64. The van der Waals surface area contributed by atoms with Gasteiger partial charge in [0, 0.05) is 18.0 Å². The Labute approximate surface area is 75.2 Å². The van der Waals surface area contributed by atoms with E-state index in [4.69, 9.17) is 5.26 Å². The van der Waals surface area contributed by atoms with Crippen LogP contribution >= 0.6 is 0 Å². The summed E-state index contributed by atoms with van der Waals surface area (Å²) in [6, 6.07) is 3.95. The Bertz CT molecular complexity index is 444. The van der Waals surface area contributed by atoms with Crippen molar-refractivity contribution >= 4 is 0 Å². The van der Waals surface area contributed by atoms with Crippen molar-refractivity contribution in [2.24, 2.45) is 0 Å². The minimum absolute atomic E-state index is 0.442. The number of aromatic nitrogens is 3. The van der Waals surface area contributed by atoms with Gasteiger partial charge in [-0.3, -0.25) is 0 Å². The van der Waals surface area contributed by atoms with Crippen LogP contribution in [-0.4, -0.2) is 15.0 Å². The normalized spacial score (nSPS) is 9.85. The fourth-order valence-electron chi connectivity index (χ4n) is 1.26. The number of H-pyrrole nitrogens is 2. The molecule has 0 saturated heterocycles. The Morgan fingerprint density at radius 3 is 3.00 bits per heavy atom. The molecule has 2 N–H and O–H groups in total. The Hall–Kier alpha value is -2.02. The van der Waals surface area contributed by atoms with Gasteiger partial charge in [-0.05, 0) is 13.0 Å². The van der Waals surface area contributed by atoms with Gasteiger partial charge in [-0.2, -0.15) is 5.26 Å². The summed E-state index contributed by atoms with van der Waals surface area (Å²) in [4.78, 5) is 10.0. The highest BCUT2D eigenvalue weighted by atomic mass is 14.9. The van der Waals surface area contributed by atoms with E-state index in [0.29, 0.717) is 5.69 Å². The highest BCUT2D eigenvalue weighted by molar-refractivity contribution is 5.64. The molecule has 0 atom stereocenters. The zero-order chi connectivity index (χ0) is 9.26. The van der Waals surface area contributed by atoms with E-state index in [-0.39, 0.29) is 0 Å². The van der Waals surface area contributed by atoms with E-state index in [9.17, 15) is 0 Å². The van der Waals surface area contributed by atoms with Crippen LogP contribution in [0, 0.1) is 18.3 Å². The lowest BCUT2D eigenvalue weighted by Crippen LogP contribution is -1.78. The molecule has 0 spiro atoms. The number of nitriles is 1. The van der Waals surface area contributed by atoms with Gasteiger partial charge in [-0.15, -0.1) is 0 Å². The van der Waals surface area contributed by atoms with Crippen molar-refractivity contribution in [2.75, 3.05) is 0 Å². The monoisotopic (exact) mass is 172 g/mol.